The number of hydrogen-bond acceptors (Lipinski definition) is 7. The van der Waals surface area contributed by atoms with Crippen LogP contribution in [-0.4, -0.2) is 59.3 Å². The first-order valence-electron chi connectivity index (χ1n) is 14.1. The van der Waals surface area contributed by atoms with Gasteiger partial charge < -0.3 is 10.2 Å². The van der Waals surface area contributed by atoms with Crippen LogP contribution in [0.15, 0.2) is 41.3 Å². The molecule has 2 unspecified atom stereocenters. The lowest BCUT2D eigenvalue weighted by Gasteiger charge is -2.27. The lowest BCUT2D eigenvalue weighted by Crippen LogP contribution is -2.47. The molecule has 1 N–H and O–H groups in total. The van der Waals surface area contributed by atoms with E-state index in [-0.39, 0.29) is 41.3 Å². The highest BCUT2D eigenvalue weighted by Crippen LogP contribution is 2.59. The van der Waals surface area contributed by atoms with Gasteiger partial charge in [-0.05, 0) is 84.3 Å². The summed E-state index contributed by atoms with van der Waals surface area (Å²) in [5.41, 5.74) is 2.76. The number of nitrogens with zero attached hydrogens (tertiary/aromatic N) is 6. The molecule has 6 rings (SSSR count). The first-order chi connectivity index (χ1) is 20.4. The molecule has 1 aliphatic carbocycles. The highest BCUT2D eigenvalue weighted by Gasteiger charge is 2.64. The summed E-state index contributed by atoms with van der Waals surface area (Å²) in [6.45, 7) is 8.24. The van der Waals surface area contributed by atoms with Gasteiger partial charge in [-0.25, -0.2) is 19.3 Å². The number of anilines is 1. The summed E-state index contributed by atoms with van der Waals surface area (Å²) in [5, 5.41) is 7.86. The number of hydrogen-bond donors (Lipinski definition) is 1. The van der Waals surface area contributed by atoms with E-state index in [2.05, 4.69) is 48.2 Å². The van der Waals surface area contributed by atoms with Gasteiger partial charge in [0.15, 0.2) is 5.78 Å². The number of alkyl halides is 1. The number of aromatic nitrogens is 5. The number of benzene rings is 1. The van der Waals surface area contributed by atoms with E-state index in [4.69, 9.17) is 0 Å². The Bertz CT molecular complexity index is 1810. The van der Waals surface area contributed by atoms with Crippen LogP contribution in [-0.2, 0) is 16.1 Å². The van der Waals surface area contributed by atoms with E-state index in [0.29, 0.717) is 50.3 Å². The molecule has 3 aromatic heterocycles. The largest absolute Gasteiger partial charge is 0.325 e. The molecule has 1 saturated carbocycles. The molecule has 12 heteroatoms. The van der Waals surface area contributed by atoms with Gasteiger partial charge in [0.2, 0.25) is 11.8 Å². The standard InChI is InChI=1S/C31H31BrFN7O3/c1-15-6-7-25(32)36-29(15)37-30(43)23-10-31(5)11-24(31)40(23)26(42)14-39-28-21(16(2)33)8-19(20-12-34-18(4)35-13-20)9-22(28)27(38-39)17(3)41/h6-9,12-13,16,23-24H,10-11,14H2,1-5H3,(H,36,37,43)/t16?,23-,24?,31-/m0/s1. The van der Waals surface area contributed by atoms with Gasteiger partial charge in [-0.3, -0.25) is 19.1 Å². The summed E-state index contributed by atoms with van der Waals surface area (Å²) in [6.07, 6.45) is 3.19. The number of fused-ring (bicyclic) bond motifs is 2. The van der Waals surface area contributed by atoms with Crippen LogP contribution in [0.5, 0.6) is 0 Å². The van der Waals surface area contributed by atoms with Gasteiger partial charge in [0, 0.05) is 41.9 Å². The fourth-order valence-corrected chi connectivity index (χ4v) is 6.45. The van der Waals surface area contributed by atoms with Crippen molar-refractivity contribution in [2.75, 3.05) is 5.32 Å². The topological polar surface area (TPSA) is 123 Å². The fraction of sp³-hybridized carbons (Fsp3) is 0.387. The van der Waals surface area contributed by atoms with Gasteiger partial charge in [0.1, 0.15) is 40.7 Å². The molecule has 1 aliphatic heterocycles. The summed E-state index contributed by atoms with van der Waals surface area (Å²) in [5.74, 6) is 0.0870. The SMILES string of the molecule is CC(=O)c1nn(CC(=O)N2C3C[C@]3(C)C[C@H]2C(=O)Nc2nc(Br)ccc2C)c2c(C(C)F)cc(-c3cnc(C)nc3)cc12. The summed E-state index contributed by atoms with van der Waals surface area (Å²) >= 11 is 3.34. The molecule has 0 radical (unpaired) electrons. The molecule has 0 bridgehead atoms. The molecule has 43 heavy (non-hydrogen) atoms. The number of nitrogens with one attached hydrogen (secondary N) is 1. The zero-order chi connectivity index (χ0) is 30.8. The summed E-state index contributed by atoms with van der Waals surface area (Å²) in [6, 6.07) is 6.30. The summed E-state index contributed by atoms with van der Waals surface area (Å²) in [4.78, 5) is 54.7. The van der Waals surface area contributed by atoms with Gasteiger partial charge >= 0.3 is 0 Å². The van der Waals surface area contributed by atoms with Crippen molar-refractivity contribution in [1.29, 1.82) is 0 Å². The Morgan fingerprint density at radius 2 is 1.86 bits per heavy atom. The van der Waals surface area contributed by atoms with E-state index in [1.807, 2.05) is 13.0 Å². The third-order valence-corrected chi connectivity index (χ3v) is 9.01. The van der Waals surface area contributed by atoms with Crippen molar-refractivity contribution in [3.8, 4) is 11.1 Å². The van der Waals surface area contributed by atoms with Crippen molar-refractivity contribution in [2.45, 2.75) is 72.3 Å². The predicted molar refractivity (Wildman–Crippen MR) is 162 cm³/mol. The normalized spacial score (nSPS) is 21.5. The Kier molecular flexibility index (Phi) is 7.15. The number of piperidine rings is 1. The van der Waals surface area contributed by atoms with Crippen molar-refractivity contribution in [3.63, 3.8) is 0 Å². The van der Waals surface area contributed by atoms with Crippen LogP contribution in [0.25, 0.3) is 22.0 Å². The molecule has 2 fully saturated rings. The number of carbonyl (C=O) groups is 3. The van der Waals surface area contributed by atoms with Crippen LogP contribution >= 0.6 is 15.9 Å². The maximum absolute atomic E-state index is 15.2. The first-order valence-corrected chi connectivity index (χ1v) is 14.9. The second-order valence-electron chi connectivity index (χ2n) is 11.8. The van der Waals surface area contributed by atoms with Crippen molar-refractivity contribution in [1.82, 2.24) is 29.6 Å². The number of rotatable bonds is 7. The minimum absolute atomic E-state index is 0.0888. The summed E-state index contributed by atoms with van der Waals surface area (Å²) in [7, 11) is 0. The molecule has 4 heterocycles. The number of amides is 2. The molecule has 10 nitrogen and oxygen atoms in total. The van der Waals surface area contributed by atoms with Crippen LogP contribution in [0.1, 0.15) is 67.2 Å². The van der Waals surface area contributed by atoms with Gasteiger partial charge in [-0.2, -0.15) is 5.10 Å². The molecule has 1 saturated heterocycles. The average Bonchev–Trinajstić information content (AvgIpc) is 3.31. The Labute approximate surface area is 256 Å². The molecule has 2 aliphatic rings. The highest BCUT2D eigenvalue weighted by molar-refractivity contribution is 9.10. The molecule has 4 aromatic rings. The van der Waals surface area contributed by atoms with Crippen LogP contribution < -0.4 is 5.32 Å². The van der Waals surface area contributed by atoms with Gasteiger partial charge in [-0.1, -0.05) is 13.0 Å². The van der Waals surface area contributed by atoms with Gasteiger partial charge in [0.25, 0.3) is 0 Å². The van der Waals surface area contributed by atoms with Gasteiger partial charge in [0.05, 0.1) is 5.52 Å². The van der Waals surface area contributed by atoms with Crippen LogP contribution in [0.2, 0.25) is 0 Å². The Morgan fingerprint density at radius 1 is 1.14 bits per heavy atom. The van der Waals surface area contributed by atoms with Crippen molar-refractivity contribution in [2.24, 2.45) is 5.41 Å². The molecular formula is C31H31BrFN7O3. The number of aryl methyl sites for hydroxylation is 2. The van der Waals surface area contributed by atoms with Crippen LogP contribution in [0, 0.1) is 19.3 Å². The van der Waals surface area contributed by atoms with E-state index in [1.165, 1.54) is 18.5 Å². The Morgan fingerprint density at radius 3 is 2.53 bits per heavy atom. The van der Waals surface area contributed by atoms with Crippen molar-refractivity contribution < 1.29 is 18.8 Å². The first kappa shape index (κ1) is 29.0. The van der Waals surface area contributed by atoms with Crippen LogP contribution in [0.3, 0.4) is 0 Å². The molecule has 222 valence electrons. The molecular weight excluding hydrogens is 617 g/mol. The van der Waals surface area contributed by atoms with E-state index >= 15 is 4.39 Å². The number of Topliss-reactive ketones (excluding diaryl/α,β-unsaturated/α-hetero) is 1. The molecule has 1 aromatic carbocycles. The van der Waals surface area contributed by atoms with Gasteiger partial charge in [-0.15, -0.1) is 0 Å². The Balaban J connectivity index is 1.36. The van der Waals surface area contributed by atoms with Crippen molar-refractivity contribution >= 4 is 50.2 Å². The lowest BCUT2D eigenvalue weighted by atomic mass is 9.98. The zero-order valence-corrected chi connectivity index (χ0v) is 26.1. The molecule has 0 spiro atoms. The second kappa shape index (κ2) is 10.6. The van der Waals surface area contributed by atoms with E-state index in [9.17, 15) is 14.4 Å². The number of halogens is 2. The third-order valence-electron chi connectivity index (χ3n) is 8.57. The number of likely N-dealkylation sites (tertiary alicyclic amines) is 1. The minimum Gasteiger partial charge on any atom is -0.325 e. The smallest absolute Gasteiger partial charge is 0.248 e. The number of carbonyl (C=O) groups excluding carboxylic acids is 3. The number of pyridine rings is 1. The monoisotopic (exact) mass is 647 g/mol. The molecule has 2 amide bonds. The quantitative estimate of drug-likeness (QED) is 0.207. The second-order valence-corrected chi connectivity index (χ2v) is 12.7. The summed E-state index contributed by atoms with van der Waals surface area (Å²) < 4.78 is 17.2. The fourth-order valence-electron chi connectivity index (χ4n) is 6.14. The van der Waals surface area contributed by atoms with Crippen molar-refractivity contribution in [3.05, 3.63) is 63.9 Å². The number of ketones is 1. The molecule has 4 atom stereocenters. The Hall–Kier alpha value is -4.06. The maximum atomic E-state index is 15.2. The van der Waals surface area contributed by atoms with E-state index < -0.39 is 12.2 Å². The van der Waals surface area contributed by atoms with E-state index in [0.717, 1.165) is 12.0 Å². The third kappa shape index (κ3) is 5.21. The predicted octanol–water partition coefficient (Wildman–Crippen LogP) is 5.52. The van der Waals surface area contributed by atoms with Crippen LogP contribution in [0.4, 0.5) is 10.2 Å². The minimum atomic E-state index is -1.42. The average molecular weight is 649 g/mol. The van der Waals surface area contributed by atoms with E-state index in [1.54, 1.807) is 42.4 Å². The zero-order valence-electron chi connectivity index (χ0n) is 24.5. The maximum Gasteiger partial charge on any atom is 0.248 e. The highest BCUT2D eigenvalue weighted by atomic mass is 79.9. The lowest BCUT2D eigenvalue weighted by molar-refractivity contribution is -0.138.